The van der Waals surface area contributed by atoms with Gasteiger partial charge in [0.05, 0.1) is 18.5 Å². The molecule has 17 heavy (non-hydrogen) atoms. The van der Waals surface area contributed by atoms with Crippen molar-refractivity contribution in [1.82, 2.24) is 0 Å². The molecule has 1 aliphatic rings. The average molecular weight is 236 g/mol. The lowest BCUT2D eigenvalue weighted by molar-refractivity contribution is -0.117. The Morgan fingerprint density at radius 2 is 2.12 bits per heavy atom. The van der Waals surface area contributed by atoms with Crippen molar-refractivity contribution in [3.8, 4) is 5.75 Å². The fraction of sp³-hybridized carbons (Fsp3) is 0.417. The molecule has 0 saturated carbocycles. The van der Waals surface area contributed by atoms with Gasteiger partial charge in [0.2, 0.25) is 5.91 Å². The quantitative estimate of drug-likeness (QED) is 0.831. The molecule has 92 valence electrons. The van der Waals surface area contributed by atoms with Crippen LogP contribution in [0.25, 0.3) is 0 Å². The number of carbonyl (C=O) groups is 1. The first-order valence-corrected chi connectivity index (χ1v) is 5.49. The Morgan fingerprint density at radius 1 is 1.29 bits per heavy atom. The van der Waals surface area contributed by atoms with Crippen molar-refractivity contribution in [2.45, 2.75) is 12.5 Å². The summed E-state index contributed by atoms with van der Waals surface area (Å²) in [5.74, 6) is 0.734. The summed E-state index contributed by atoms with van der Waals surface area (Å²) in [6, 6.07) is 5.26. The third-order valence-corrected chi connectivity index (χ3v) is 2.74. The van der Waals surface area contributed by atoms with Gasteiger partial charge in [-0.3, -0.25) is 4.79 Å². The van der Waals surface area contributed by atoms with E-state index in [4.69, 9.17) is 9.47 Å². The first-order chi connectivity index (χ1) is 8.24. The number of methoxy groups -OCH3 is 2. The predicted molar refractivity (Wildman–Crippen MR) is 65.5 cm³/mol. The van der Waals surface area contributed by atoms with E-state index in [9.17, 15) is 4.79 Å². The molecule has 0 bridgehead atoms. The van der Waals surface area contributed by atoms with Gasteiger partial charge in [-0.25, -0.2) is 0 Å². The van der Waals surface area contributed by atoms with E-state index in [2.05, 4.69) is 10.6 Å². The largest absolute Gasteiger partial charge is 0.497 e. The monoisotopic (exact) mass is 236 g/mol. The van der Waals surface area contributed by atoms with Crippen LogP contribution >= 0.6 is 0 Å². The Balaban J connectivity index is 2.16. The van der Waals surface area contributed by atoms with Crippen molar-refractivity contribution >= 4 is 17.3 Å². The Hall–Kier alpha value is -1.75. The number of benzene rings is 1. The summed E-state index contributed by atoms with van der Waals surface area (Å²) in [5, 5.41) is 6.04. The van der Waals surface area contributed by atoms with E-state index in [-0.39, 0.29) is 11.9 Å². The number of ether oxygens (including phenoxy) is 2. The van der Waals surface area contributed by atoms with Gasteiger partial charge in [0, 0.05) is 19.8 Å². The molecule has 1 atom stereocenters. The summed E-state index contributed by atoms with van der Waals surface area (Å²) < 4.78 is 10.1. The molecule has 0 aliphatic carbocycles. The molecule has 0 saturated heterocycles. The molecule has 0 radical (unpaired) electrons. The van der Waals surface area contributed by atoms with Gasteiger partial charge in [-0.2, -0.15) is 0 Å². The van der Waals surface area contributed by atoms with E-state index in [0.29, 0.717) is 13.0 Å². The normalized spacial score (nSPS) is 18.0. The van der Waals surface area contributed by atoms with Crippen molar-refractivity contribution in [2.24, 2.45) is 0 Å². The lowest BCUT2D eigenvalue weighted by atomic mass is 10.1. The minimum atomic E-state index is -0.255. The van der Waals surface area contributed by atoms with Crippen LogP contribution in [-0.2, 0) is 9.53 Å². The molecular weight excluding hydrogens is 220 g/mol. The zero-order valence-corrected chi connectivity index (χ0v) is 9.95. The molecule has 1 heterocycles. The molecule has 0 aromatic heterocycles. The van der Waals surface area contributed by atoms with Crippen molar-refractivity contribution < 1.29 is 14.3 Å². The molecule has 0 spiro atoms. The molecule has 1 unspecified atom stereocenters. The third kappa shape index (κ3) is 2.50. The Morgan fingerprint density at radius 3 is 2.82 bits per heavy atom. The van der Waals surface area contributed by atoms with Crippen molar-refractivity contribution in [3.05, 3.63) is 18.2 Å². The fourth-order valence-corrected chi connectivity index (χ4v) is 1.79. The van der Waals surface area contributed by atoms with Crippen LogP contribution in [0.2, 0.25) is 0 Å². The molecule has 5 nitrogen and oxygen atoms in total. The predicted octanol–water partition coefficient (Wildman–Crippen LogP) is 1.46. The highest BCUT2D eigenvalue weighted by Crippen LogP contribution is 2.31. The third-order valence-electron chi connectivity index (χ3n) is 2.74. The smallest absolute Gasteiger partial charge is 0.247 e. The van der Waals surface area contributed by atoms with E-state index < -0.39 is 0 Å². The van der Waals surface area contributed by atoms with Crippen molar-refractivity contribution in [2.75, 3.05) is 31.5 Å². The van der Waals surface area contributed by atoms with Gasteiger partial charge in [0.1, 0.15) is 11.8 Å². The van der Waals surface area contributed by atoms with Crippen LogP contribution in [-0.4, -0.2) is 32.8 Å². The number of amides is 1. The molecule has 1 aromatic rings. The summed E-state index contributed by atoms with van der Waals surface area (Å²) in [5.41, 5.74) is 1.66. The standard InChI is InChI=1S/C12H16N2O3/c1-16-6-5-10-12(15)14-9-4-3-8(17-2)7-11(9)13-10/h3-4,7,10,13H,5-6H2,1-2H3,(H,14,15). The topological polar surface area (TPSA) is 59.6 Å². The molecule has 5 heteroatoms. The zero-order chi connectivity index (χ0) is 12.3. The van der Waals surface area contributed by atoms with E-state index in [1.165, 1.54) is 0 Å². The number of fused-ring (bicyclic) bond motifs is 1. The molecule has 1 amide bonds. The lowest BCUT2D eigenvalue weighted by Gasteiger charge is -2.26. The maximum Gasteiger partial charge on any atom is 0.247 e. The van der Waals surface area contributed by atoms with Crippen LogP contribution in [0.1, 0.15) is 6.42 Å². The first kappa shape index (κ1) is 11.7. The summed E-state index contributed by atoms with van der Waals surface area (Å²) >= 11 is 0. The first-order valence-electron chi connectivity index (χ1n) is 5.49. The van der Waals surface area contributed by atoms with Crippen LogP contribution in [0.5, 0.6) is 5.75 Å². The molecule has 2 N–H and O–H groups in total. The SMILES string of the molecule is COCCC1Nc2cc(OC)ccc2NC1=O. The average Bonchev–Trinajstić information content (AvgIpc) is 2.35. The highest BCUT2D eigenvalue weighted by molar-refractivity contribution is 6.03. The van der Waals surface area contributed by atoms with Crippen LogP contribution in [0.3, 0.4) is 0 Å². The molecule has 2 rings (SSSR count). The van der Waals surface area contributed by atoms with Gasteiger partial charge in [-0.05, 0) is 18.6 Å². The van der Waals surface area contributed by atoms with Crippen LogP contribution in [0, 0.1) is 0 Å². The highest BCUT2D eigenvalue weighted by Gasteiger charge is 2.25. The number of rotatable bonds is 4. The minimum Gasteiger partial charge on any atom is -0.497 e. The molecular formula is C12H16N2O3. The number of nitrogens with one attached hydrogen (secondary N) is 2. The summed E-state index contributed by atoms with van der Waals surface area (Å²) in [4.78, 5) is 11.8. The maximum absolute atomic E-state index is 11.8. The maximum atomic E-state index is 11.8. The van der Waals surface area contributed by atoms with E-state index in [1.54, 1.807) is 14.2 Å². The van der Waals surface area contributed by atoms with Gasteiger partial charge >= 0.3 is 0 Å². The van der Waals surface area contributed by atoms with E-state index in [0.717, 1.165) is 17.1 Å². The number of carbonyl (C=O) groups excluding carboxylic acids is 1. The van der Waals surface area contributed by atoms with Crippen molar-refractivity contribution in [1.29, 1.82) is 0 Å². The number of hydrogen-bond donors (Lipinski definition) is 2. The van der Waals surface area contributed by atoms with E-state index >= 15 is 0 Å². The highest BCUT2D eigenvalue weighted by atomic mass is 16.5. The van der Waals surface area contributed by atoms with Crippen LogP contribution < -0.4 is 15.4 Å². The number of hydrogen-bond acceptors (Lipinski definition) is 4. The summed E-state index contributed by atoms with van der Waals surface area (Å²) in [6.07, 6.45) is 0.638. The Bertz CT molecular complexity index is 420. The number of anilines is 2. The van der Waals surface area contributed by atoms with Crippen molar-refractivity contribution in [3.63, 3.8) is 0 Å². The Labute approximate surface area is 100 Å². The second-order valence-electron chi connectivity index (χ2n) is 3.88. The van der Waals surface area contributed by atoms with Gasteiger partial charge in [0.15, 0.2) is 0 Å². The van der Waals surface area contributed by atoms with Gasteiger partial charge < -0.3 is 20.1 Å². The fourth-order valence-electron chi connectivity index (χ4n) is 1.79. The second kappa shape index (κ2) is 5.05. The zero-order valence-electron chi connectivity index (χ0n) is 9.95. The van der Waals surface area contributed by atoms with Gasteiger partial charge in [-0.1, -0.05) is 0 Å². The van der Waals surface area contributed by atoms with Gasteiger partial charge in [0.25, 0.3) is 0 Å². The van der Waals surface area contributed by atoms with Crippen LogP contribution in [0.15, 0.2) is 18.2 Å². The second-order valence-corrected chi connectivity index (χ2v) is 3.88. The Kier molecular flexibility index (Phi) is 3.49. The van der Waals surface area contributed by atoms with E-state index in [1.807, 2.05) is 18.2 Å². The molecule has 1 aromatic carbocycles. The molecule has 0 fully saturated rings. The molecule has 1 aliphatic heterocycles. The minimum absolute atomic E-state index is 0.0280. The summed E-state index contributed by atoms with van der Waals surface area (Å²) in [6.45, 7) is 0.546. The summed E-state index contributed by atoms with van der Waals surface area (Å²) in [7, 11) is 3.24. The lowest BCUT2D eigenvalue weighted by Crippen LogP contribution is -2.39. The van der Waals surface area contributed by atoms with Crippen LogP contribution in [0.4, 0.5) is 11.4 Å². The van der Waals surface area contributed by atoms with Gasteiger partial charge in [-0.15, -0.1) is 0 Å².